The van der Waals surface area contributed by atoms with Crippen molar-refractivity contribution in [2.75, 3.05) is 18.9 Å². The molecule has 0 aliphatic rings. The summed E-state index contributed by atoms with van der Waals surface area (Å²) in [6.45, 7) is 4.09. The fourth-order valence-electron chi connectivity index (χ4n) is 1.10. The largest absolute Gasteiger partial charge is 0.384 e. The topological polar surface area (TPSA) is 74.4 Å². The second-order valence-electron chi connectivity index (χ2n) is 2.75. The van der Waals surface area contributed by atoms with Gasteiger partial charge in [-0.1, -0.05) is 6.07 Å². The van der Waals surface area contributed by atoms with E-state index in [1.54, 1.807) is 32.0 Å². The first-order valence-electron chi connectivity index (χ1n) is 4.74. The summed E-state index contributed by atoms with van der Waals surface area (Å²) in [7, 11) is -3.29. The molecular weight excluding hydrogens is 215 g/mol. The predicted molar refractivity (Wildman–Crippen MR) is 59.1 cm³/mol. The average Bonchev–Trinajstić information content (AvgIpc) is 2.18. The van der Waals surface area contributed by atoms with Crippen molar-refractivity contribution in [1.29, 1.82) is 0 Å². The van der Waals surface area contributed by atoms with Gasteiger partial charge in [-0.3, -0.25) is 4.57 Å². The minimum atomic E-state index is -3.29. The standard InChI is InChI=1S/C9H15N2O3P/c1-3-13-15(12,14-4-2)9-7-5-6-8(10)11-9/h5-7H,3-4H2,1-2H3,(H2,10,11). The first-order valence-corrected chi connectivity index (χ1v) is 6.29. The molecule has 0 amide bonds. The second kappa shape index (κ2) is 5.26. The summed E-state index contributed by atoms with van der Waals surface area (Å²) in [5.41, 5.74) is 5.76. The van der Waals surface area contributed by atoms with Gasteiger partial charge < -0.3 is 14.8 Å². The van der Waals surface area contributed by atoms with Crippen LogP contribution in [0.5, 0.6) is 0 Å². The van der Waals surface area contributed by atoms with Crippen LogP contribution in [-0.2, 0) is 13.6 Å². The number of nitrogens with zero attached hydrogens (tertiary/aromatic N) is 1. The van der Waals surface area contributed by atoms with Crippen molar-refractivity contribution >= 4 is 18.8 Å². The third kappa shape index (κ3) is 3.02. The van der Waals surface area contributed by atoms with Gasteiger partial charge in [0.1, 0.15) is 5.82 Å². The fraction of sp³-hybridized carbons (Fsp3) is 0.444. The number of anilines is 1. The molecule has 0 fully saturated rings. The van der Waals surface area contributed by atoms with Crippen molar-refractivity contribution in [3.05, 3.63) is 18.2 Å². The van der Waals surface area contributed by atoms with E-state index in [0.717, 1.165) is 0 Å². The Labute approximate surface area is 89.1 Å². The molecule has 0 spiro atoms. The normalized spacial score (nSPS) is 11.6. The van der Waals surface area contributed by atoms with Crippen molar-refractivity contribution < 1.29 is 13.6 Å². The van der Waals surface area contributed by atoms with E-state index < -0.39 is 7.60 Å². The van der Waals surface area contributed by atoms with Gasteiger partial charge >= 0.3 is 7.60 Å². The van der Waals surface area contributed by atoms with Gasteiger partial charge in [-0.25, -0.2) is 4.98 Å². The first-order chi connectivity index (χ1) is 7.12. The molecule has 0 aromatic carbocycles. The number of hydrogen-bond donors (Lipinski definition) is 1. The third-order valence-electron chi connectivity index (χ3n) is 1.63. The van der Waals surface area contributed by atoms with Crippen LogP contribution < -0.4 is 11.2 Å². The summed E-state index contributed by atoms with van der Waals surface area (Å²) in [6, 6.07) is 4.87. The molecule has 1 aromatic heterocycles. The van der Waals surface area contributed by atoms with Crippen LogP contribution in [-0.4, -0.2) is 18.2 Å². The summed E-state index contributed by atoms with van der Waals surface area (Å²) in [5, 5.41) is 0. The molecule has 6 heteroatoms. The lowest BCUT2D eigenvalue weighted by Gasteiger charge is -2.16. The van der Waals surface area contributed by atoms with Gasteiger partial charge in [-0.15, -0.1) is 0 Å². The maximum atomic E-state index is 12.2. The molecule has 1 aromatic rings. The Kier molecular flexibility index (Phi) is 4.27. The molecule has 5 nitrogen and oxygen atoms in total. The Morgan fingerprint density at radius 1 is 1.33 bits per heavy atom. The SMILES string of the molecule is CCOP(=O)(OCC)c1cccc(N)n1. The summed E-state index contributed by atoms with van der Waals surface area (Å²) in [6.07, 6.45) is 0. The molecule has 84 valence electrons. The van der Waals surface area contributed by atoms with Gasteiger partial charge in [-0.2, -0.15) is 0 Å². The van der Waals surface area contributed by atoms with E-state index in [-0.39, 0.29) is 5.44 Å². The molecule has 0 saturated heterocycles. The molecule has 1 rings (SSSR count). The minimum Gasteiger partial charge on any atom is -0.384 e. The minimum absolute atomic E-state index is 0.256. The van der Waals surface area contributed by atoms with Crippen LogP contribution in [0.1, 0.15) is 13.8 Å². The molecule has 0 bridgehead atoms. The van der Waals surface area contributed by atoms with Crippen molar-refractivity contribution in [1.82, 2.24) is 4.98 Å². The van der Waals surface area contributed by atoms with Crippen molar-refractivity contribution in [3.8, 4) is 0 Å². The Balaban J connectivity index is 3.03. The lowest BCUT2D eigenvalue weighted by atomic mass is 10.5. The van der Waals surface area contributed by atoms with Crippen LogP contribution in [0, 0.1) is 0 Å². The molecule has 0 saturated carbocycles. The highest BCUT2D eigenvalue weighted by Crippen LogP contribution is 2.46. The molecule has 1 heterocycles. The quantitative estimate of drug-likeness (QED) is 0.777. The fourth-order valence-corrected chi connectivity index (χ4v) is 2.63. The molecule has 0 unspecified atom stereocenters. The Bertz CT molecular complexity index is 360. The van der Waals surface area contributed by atoms with E-state index in [0.29, 0.717) is 19.0 Å². The number of aromatic nitrogens is 1. The van der Waals surface area contributed by atoms with Crippen LogP contribution in [0.25, 0.3) is 0 Å². The molecule has 0 atom stereocenters. The van der Waals surface area contributed by atoms with Gasteiger partial charge in [0.25, 0.3) is 0 Å². The van der Waals surface area contributed by atoms with E-state index in [1.165, 1.54) is 0 Å². The van der Waals surface area contributed by atoms with Gasteiger partial charge in [0, 0.05) is 0 Å². The molecule has 0 aliphatic carbocycles. The average molecular weight is 230 g/mol. The Hall–Kier alpha value is -0.900. The maximum absolute atomic E-state index is 12.2. The molecule has 0 radical (unpaired) electrons. The van der Waals surface area contributed by atoms with Gasteiger partial charge in [-0.05, 0) is 26.0 Å². The zero-order chi connectivity index (χ0) is 11.3. The Morgan fingerprint density at radius 3 is 2.40 bits per heavy atom. The number of hydrogen-bond acceptors (Lipinski definition) is 5. The summed E-state index contributed by atoms with van der Waals surface area (Å²) >= 11 is 0. The van der Waals surface area contributed by atoms with E-state index >= 15 is 0 Å². The molecule has 15 heavy (non-hydrogen) atoms. The second-order valence-corrected chi connectivity index (χ2v) is 4.72. The van der Waals surface area contributed by atoms with E-state index in [9.17, 15) is 4.57 Å². The third-order valence-corrected chi connectivity index (χ3v) is 3.64. The van der Waals surface area contributed by atoms with Crippen LogP contribution in [0.2, 0.25) is 0 Å². The molecule has 2 N–H and O–H groups in total. The van der Waals surface area contributed by atoms with Crippen LogP contribution in [0.3, 0.4) is 0 Å². The van der Waals surface area contributed by atoms with Crippen molar-refractivity contribution in [2.24, 2.45) is 0 Å². The predicted octanol–water partition coefficient (Wildman–Crippen LogP) is 1.56. The Morgan fingerprint density at radius 2 is 1.93 bits per heavy atom. The van der Waals surface area contributed by atoms with Gasteiger partial charge in [0.15, 0.2) is 5.44 Å². The number of nitrogen functional groups attached to an aromatic ring is 1. The number of nitrogens with two attached hydrogens (primary N) is 1. The highest BCUT2D eigenvalue weighted by Gasteiger charge is 2.28. The summed E-state index contributed by atoms with van der Waals surface area (Å²) < 4.78 is 22.5. The highest BCUT2D eigenvalue weighted by atomic mass is 31.2. The van der Waals surface area contributed by atoms with Crippen LogP contribution in [0.15, 0.2) is 18.2 Å². The van der Waals surface area contributed by atoms with E-state index in [2.05, 4.69) is 4.98 Å². The van der Waals surface area contributed by atoms with Gasteiger partial charge in [0.05, 0.1) is 13.2 Å². The van der Waals surface area contributed by atoms with Crippen LogP contribution >= 0.6 is 7.60 Å². The van der Waals surface area contributed by atoms with Crippen molar-refractivity contribution in [2.45, 2.75) is 13.8 Å². The lowest BCUT2D eigenvalue weighted by Crippen LogP contribution is -2.15. The zero-order valence-corrected chi connectivity index (χ0v) is 9.74. The summed E-state index contributed by atoms with van der Waals surface area (Å²) in [5.74, 6) is 0.298. The molecular formula is C9H15N2O3P. The maximum Gasteiger partial charge on any atom is 0.379 e. The molecule has 0 aliphatic heterocycles. The summed E-state index contributed by atoms with van der Waals surface area (Å²) in [4.78, 5) is 3.95. The number of pyridine rings is 1. The zero-order valence-electron chi connectivity index (χ0n) is 8.84. The monoisotopic (exact) mass is 230 g/mol. The van der Waals surface area contributed by atoms with E-state index in [1.807, 2.05) is 0 Å². The smallest absolute Gasteiger partial charge is 0.379 e. The van der Waals surface area contributed by atoms with E-state index in [4.69, 9.17) is 14.8 Å². The van der Waals surface area contributed by atoms with Gasteiger partial charge in [0.2, 0.25) is 0 Å². The lowest BCUT2D eigenvalue weighted by molar-refractivity contribution is 0.229. The number of rotatable bonds is 5. The van der Waals surface area contributed by atoms with Crippen molar-refractivity contribution in [3.63, 3.8) is 0 Å². The first kappa shape index (κ1) is 12.2. The highest BCUT2D eigenvalue weighted by molar-refractivity contribution is 7.61. The van der Waals surface area contributed by atoms with Crippen LogP contribution in [0.4, 0.5) is 5.82 Å².